The van der Waals surface area contributed by atoms with E-state index in [1.807, 2.05) is 44.2 Å². The molecule has 1 aromatic carbocycles. The minimum Gasteiger partial charge on any atom is -0.481 e. The van der Waals surface area contributed by atoms with E-state index in [-0.39, 0.29) is 6.42 Å². The van der Waals surface area contributed by atoms with Crippen LogP contribution in [0, 0.1) is 5.92 Å². The largest absolute Gasteiger partial charge is 0.481 e. The Labute approximate surface area is 224 Å². The number of carboxylic acids is 5. The lowest BCUT2D eigenvalue weighted by molar-refractivity contribution is -0.144. The Balaban J connectivity index is -0.000000448. The molecule has 0 saturated heterocycles. The highest BCUT2D eigenvalue weighted by Crippen LogP contribution is 2.02. The maximum atomic E-state index is 10.4. The van der Waals surface area contributed by atoms with E-state index < -0.39 is 66.3 Å². The van der Waals surface area contributed by atoms with E-state index in [0.717, 1.165) is 5.56 Å². The fraction of sp³-hybridized carbons (Fsp3) is 0.478. The van der Waals surface area contributed by atoms with Crippen molar-refractivity contribution < 1.29 is 54.3 Å². The number of primary amides is 1. The van der Waals surface area contributed by atoms with Gasteiger partial charge in [0.25, 0.3) is 0 Å². The SMILES string of the molecule is CC(C)CC(N)C(=O)O.NC(=O)CC(N)C(=O)O.NC(CC(=O)O)C(=O)O.NC(Cc1ccccc1)C(=O)O. The first-order valence-corrected chi connectivity index (χ1v) is 11.3. The van der Waals surface area contributed by atoms with Gasteiger partial charge in [0.1, 0.15) is 24.2 Å². The van der Waals surface area contributed by atoms with Crippen molar-refractivity contribution in [1.29, 1.82) is 0 Å². The number of rotatable bonds is 12. The van der Waals surface area contributed by atoms with Crippen LogP contribution in [0.2, 0.25) is 0 Å². The molecule has 0 spiro atoms. The summed E-state index contributed by atoms with van der Waals surface area (Å²) in [5.74, 6) is -5.93. The molecular formula is C23H39N5O11. The minimum atomic E-state index is -1.29. The molecule has 15 N–H and O–H groups in total. The third kappa shape index (κ3) is 26.7. The van der Waals surface area contributed by atoms with Gasteiger partial charge < -0.3 is 54.2 Å². The number of nitrogens with two attached hydrogens (primary N) is 5. The molecule has 0 aliphatic rings. The summed E-state index contributed by atoms with van der Waals surface area (Å²) in [7, 11) is 0. The second-order valence-corrected chi connectivity index (χ2v) is 8.37. The molecule has 222 valence electrons. The molecule has 16 heteroatoms. The molecule has 4 atom stereocenters. The highest BCUT2D eigenvalue weighted by molar-refractivity contribution is 5.83. The fourth-order valence-corrected chi connectivity index (χ4v) is 2.14. The molecule has 0 aliphatic heterocycles. The first-order chi connectivity index (χ1) is 17.8. The summed E-state index contributed by atoms with van der Waals surface area (Å²) in [4.78, 5) is 60.0. The number of amides is 1. The quantitative estimate of drug-likeness (QED) is 0.135. The van der Waals surface area contributed by atoms with E-state index in [2.05, 4.69) is 5.73 Å². The molecule has 4 unspecified atom stereocenters. The zero-order valence-electron chi connectivity index (χ0n) is 21.7. The highest BCUT2D eigenvalue weighted by atomic mass is 16.4. The van der Waals surface area contributed by atoms with Crippen LogP contribution in [-0.2, 0) is 35.2 Å². The number of hydrogen-bond acceptors (Lipinski definition) is 10. The third-order valence-corrected chi connectivity index (χ3v) is 4.11. The molecule has 0 saturated carbocycles. The maximum Gasteiger partial charge on any atom is 0.321 e. The molecule has 0 bridgehead atoms. The van der Waals surface area contributed by atoms with Gasteiger partial charge in [-0.3, -0.25) is 28.8 Å². The van der Waals surface area contributed by atoms with Crippen molar-refractivity contribution in [3.05, 3.63) is 35.9 Å². The topological polar surface area (TPSA) is 334 Å². The average molecular weight is 562 g/mol. The lowest BCUT2D eigenvalue weighted by Crippen LogP contribution is -2.34. The van der Waals surface area contributed by atoms with Crippen LogP contribution < -0.4 is 28.7 Å². The number of carbonyl (C=O) groups excluding carboxylic acids is 1. The van der Waals surface area contributed by atoms with E-state index in [1.165, 1.54) is 0 Å². The van der Waals surface area contributed by atoms with Crippen LogP contribution >= 0.6 is 0 Å². The van der Waals surface area contributed by atoms with Gasteiger partial charge >= 0.3 is 29.8 Å². The van der Waals surface area contributed by atoms with Gasteiger partial charge in [-0.15, -0.1) is 0 Å². The first kappa shape index (κ1) is 39.4. The average Bonchev–Trinajstić information content (AvgIpc) is 2.79. The van der Waals surface area contributed by atoms with Crippen LogP contribution in [0.25, 0.3) is 0 Å². The van der Waals surface area contributed by atoms with Gasteiger partial charge in [0.15, 0.2) is 0 Å². The van der Waals surface area contributed by atoms with E-state index in [9.17, 15) is 28.8 Å². The van der Waals surface area contributed by atoms with Crippen LogP contribution in [0.3, 0.4) is 0 Å². The first-order valence-electron chi connectivity index (χ1n) is 11.3. The molecule has 0 fully saturated rings. The van der Waals surface area contributed by atoms with Crippen molar-refractivity contribution in [3.63, 3.8) is 0 Å². The van der Waals surface area contributed by atoms with Crippen molar-refractivity contribution >= 4 is 35.8 Å². The van der Waals surface area contributed by atoms with Crippen LogP contribution in [0.15, 0.2) is 30.3 Å². The van der Waals surface area contributed by atoms with E-state index in [4.69, 9.17) is 48.5 Å². The smallest absolute Gasteiger partial charge is 0.321 e. The number of carboxylic acid groups (broad SMARTS) is 5. The Morgan fingerprint density at radius 3 is 1.26 bits per heavy atom. The predicted octanol–water partition coefficient (Wildman–Crippen LogP) is -1.77. The molecule has 0 radical (unpaired) electrons. The summed E-state index contributed by atoms with van der Waals surface area (Å²) in [6.07, 6.45) is 0.0934. The summed E-state index contributed by atoms with van der Waals surface area (Å²) in [6.45, 7) is 3.89. The molecule has 1 amide bonds. The standard InChI is InChI=1S/C9H11NO2.C6H13NO2.C4H8N2O3.C4H7NO4/c10-8(9(11)12)6-7-4-2-1-3-5-7;1-4(2)3-5(7)6(8)9;2*5-2(4(8)9)1-3(6)7/h1-5,8H,6,10H2,(H,11,12);4-5H,3,7H2,1-2H3,(H,8,9);2H,1,5H2,(H2,6,7)(H,8,9);2H,1,5H2,(H,6,7)(H,8,9). The Morgan fingerprint density at radius 2 is 1.03 bits per heavy atom. The zero-order chi connectivity index (χ0) is 31.3. The highest BCUT2D eigenvalue weighted by Gasteiger charge is 2.15. The van der Waals surface area contributed by atoms with Crippen molar-refractivity contribution in [2.75, 3.05) is 0 Å². The van der Waals surface area contributed by atoms with Crippen LogP contribution in [0.4, 0.5) is 0 Å². The minimum absolute atomic E-state index is 0.310. The molecule has 39 heavy (non-hydrogen) atoms. The third-order valence-electron chi connectivity index (χ3n) is 4.11. The Kier molecular flexibility index (Phi) is 22.1. The van der Waals surface area contributed by atoms with Crippen molar-refractivity contribution in [2.45, 2.75) is 63.7 Å². The van der Waals surface area contributed by atoms with Crippen molar-refractivity contribution in [3.8, 4) is 0 Å². The van der Waals surface area contributed by atoms with Gasteiger partial charge in [0.05, 0.1) is 12.8 Å². The summed E-state index contributed by atoms with van der Waals surface area (Å²) < 4.78 is 0. The van der Waals surface area contributed by atoms with Gasteiger partial charge in [0, 0.05) is 0 Å². The van der Waals surface area contributed by atoms with E-state index >= 15 is 0 Å². The fourth-order valence-electron chi connectivity index (χ4n) is 2.14. The predicted molar refractivity (Wildman–Crippen MR) is 138 cm³/mol. The van der Waals surface area contributed by atoms with Crippen molar-refractivity contribution in [2.24, 2.45) is 34.6 Å². The van der Waals surface area contributed by atoms with Crippen molar-refractivity contribution in [1.82, 2.24) is 0 Å². The number of aliphatic carboxylic acids is 5. The van der Waals surface area contributed by atoms with Gasteiger partial charge in [-0.05, 0) is 24.3 Å². The van der Waals surface area contributed by atoms with Gasteiger partial charge in [0.2, 0.25) is 5.91 Å². The zero-order valence-corrected chi connectivity index (χ0v) is 21.7. The molecule has 0 aromatic heterocycles. The van der Waals surface area contributed by atoms with Crippen LogP contribution in [0.1, 0.15) is 38.7 Å². The maximum absolute atomic E-state index is 10.4. The summed E-state index contributed by atoms with van der Waals surface area (Å²) in [5, 5.41) is 41.0. The summed E-state index contributed by atoms with van der Waals surface area (Å²) in [5.41, 5.74) is 25.9. The number of carbonyl (C=O) groups is 6. The van der Waals surface area contributed by atoms with Crippen LogP contribution in [0.5, 0.6) is 0 Å². The van der Waals surface area contributed by atoms with Gasteiger partial charge in [-0.1, -0.05) is 44.2 Å². The number of hydrogen-bond donors (Lipinski definition) is 10. The molecular weight excluding hydrogens is 522 g/mol. The Morgan fingerprint density at radius 1 is 0.641 bits per heavy atom. The Bertz CT molecular complexity index is 881. The van der Waals surface area contributed by atoms with E-state index in [0.29, 0.717) is 18.8 Å². The molecule has 0 heterocycles. The molecule has 1 rings (SSSR count). The monoisotopic (exact) mass is 561 g/mol. The Hall–Kier alpha value is -4.12. The summed E-state index contributed by atoms with van der Waals surface area (Å²) >= 11 is 0. The molecule has 16 nitrogen and oxygen atoms in total. The summed E-state index contributed by atoms with van der Waals surface area (Å²) in [6, 6.07) is 5.40. The van der Waals surface area contributed by atoms with E-state index in [1.54, 1.807) is 0 Å². The van der Waals surface area contributed by atoms with Gasteiger partial charge in [-0.2, -0.15) is 0 Å². The second kappa shape index (κ2) is 21.9. The molecule has 0 aliphatic carbocycles. The number of benzene rings is 1. The normalized spacial score (nSPS) is 12.8. The van der Waals surface area contributed by atoms with Gasteiger partial charge in [-0.25, -0.2) is 0 Å². The second-order valence-electron chi connectivity index (χ2n) is 8.37. The van der Waals surface area contributed by atoms with Crippen LogP contribution in [-0.4, -0.2) is 85.5 Å². The lowest BCUT2D eigenvalue weighted by atomic mass is 10.1. The molecule has 1 aromatic rings. The lowest BCUT2D eigenvalue weighted by Gasteiger charge is -2.07.